The van der Waals surface area contributed by atoms with E-state index in [0.29, 0.717) is 22.4 Å². The molecule has 0 unspecified atom stereocenters. The number of carbonyl (C=O) groups excluding carboxylic acids is 1. The molecule has 0 aliphatic carbocycles. The van der Waals surface area contributed by atoms with Crippen molar-refractivity contribution in [1.82, 2.24) is 19.6 Å². The maximum atomic E-state index is 13.4. The monoisotopic (exact) mass is 435 g/mol. The molecule has 1 N–H and O–H groups in total. The molecule has 160 valence electrons. The van der Waals surface area contributed by atoms with Crippen molar-refractivity contribution in [3.8, 4) is 0 Å². The minimum absolute atomic E-state index is 0.203. The van der Waals surface area contributed by atoms with Crippen LogP contribution in [-0.2, 0) is 0 Å². The van der Waals surface area contributed by atoms with Gasteiger partial charge in [0, 0.05) is 27.2 Å². The van der Waals surface area contributed by atoms with Crippen LogP contribution in [0.15, 0.2) is 41.2 Å². The molecule has 7 nitrogen and oxygen atoms in total. The molecule has 0 saturated carbocycles. The van der Waals surface area contributed by atoms with Gasteiger partial charge in [0.05, 0.1) is 15.6 Å². The summed E-state index contributed by atoms with van der Waals surface area (Å²) in [5, 5.41) is 3.44. The van der Waals surface area contributed by atoms with E-state index in [1.165, 1.54) is 24.2 Å². The molecule has 1 aliphatic heterocycles. The minimum Gasteiger partial charge on any atom is -0.363 e. The summed E-state index contributed by atoms with van der Waals surface area (Å²) in [5.74, 6) is 0.450. The Morgan fingerprint density at radius 1 is 1.16 bits per heavy atom. The SMILES string of the molecule is CN(C)c1ccc2c(=O)c(C(=O)NCCN3CCCC3)c3sc4ccccc4n3c2n1. The summed E-state index contributed by atoms with van der Waals surface area (Å²) < 4.78 is 2.97. The molecule has 5 rings (SSSR count). The summed E-state index contributed by atoms with van der Waals surface area (Å²) in [5.41, 5.74) is 1.46. The topological polar surface area (TPSA) is 70.0 Å². The van der Waals surface area contributed by atoms with Gasteiger partial charge in [-0.25, -0.2) is 4.98 Å². The number of rotatable bonds is 5. The third-order valence-corrected chi connectivity index (χ3v) is 7.02. The van der Waals surface area contributed by atoms with Gasteiger partial charge in [-0.15, -0.1) is 11.3 Å². The lowest BCUT2D eigenvalue weighted by atomic mass is 10.1. The highest BCUT2D eigenvalue weighted by atomic mass is 32.1. The van der Waals surface area contributed by atoms with Gasteiger partial charge in [-0.3, -0.25) is 14.0 Å². The van der Waals surface area contributed by atoms with Crippen LogP contribution >= 0.6 is 11.3 Å². The van der Waals surface area contributed by atoms with Crippen LogP contribution in [0.4, 0.5) is 5.82 Å². The lowest BCUT2D eigenvalue weighted by molar-refractivity contribution is 0.0950. The zero-order valence-electron chi connectivity index (χ0n) is 17.7. The first-order valence-corrected chi connectivity index (χ1v) is 11.4. The summed E-state index contributed by atoms with van der Waals surface area (Å²) >= 11 is 1.46. The Hall–Kier alpha value is -2.97. The van der Waals surface area contributed by atoms with Crippen molar-refractivity contribution < 1.29 is 4.79 Å². The average molecular weight is 436 g/mol. The van der Waals surface area contributed by atoms with Crippen molar-refractivity contribution in [3.05, 3.63) is 52.2 Å². The van der Waals surface area contributed by atoms with Crippen LogP contribution in [0.2, 0.25) is 0 Å². The molecular formula is C23H25N5O2S. The van der Waals surface area contributed by atoms with E-state index in [4.69, 9.17) is 4.98 Å². The Morgan fingerprint density at radius 3 is 2.71 bits per heavy atom. The van der Waals surface area contributed by atoms with E-state index in [0.717, 1.165) is 35.7 Å². The van der Waals surface area contributed by atoms with Crippen molar-refractivity contribution in [2.24, 2.45) is 0 Å². The molecular weight excluding hydrogens is 410 g/mol. The van der Waals surface area contributed by atoms with Gasteiger partial charge in [0.15, 0.2) is 5.65 Å². The van der Waals surface area contributed by atoms with Gasteiger partial charge in [-0.1, -0.05) is 12.1 Å². The highest BCUT2D eigenvalue weighted by Crippen LogP contribution is 2.31. The highest BCUT2D eigenvalue weighted by Gasteiger charge is 2.23. The fourth-order valence-corrected chi connectivity index (χ4v) is 5.43. The first-order valence-electron chi connectivity index (χ1n) is 10.6. The first-order chi connectivity index (χ1) is 15.0. The number of benzene rings is 1. The zero-order valence-corrected chi connectivity index (χ0v) is 18.5. The largest absolute Gasteiger partial charge is 0.363 e. The second kappa shape index (κ2) is 7.94. The lowest BCUT2D eigenvalue weighted by Crippen LogP contribution is -2.35. The molecule has 31 heavy (non-hydrogen) atoms. The van der Waals surface area contributed by atoms with E-state index in [9.17, 15) is 9.59 Å². The van der Waals surface area contributed by atoms with Crippen LogP contribution in [-0.4, -0.2) is 60.5 Å². The number of likely N-dealkylation sites (tertiary alicyclic amines) is 1. The predicted molar refractivity (Wildman–Crippen MR) is 127 cm³/mol. The Kier molecular flexibility index (Phi) is 5.11. The van der Waals surface area contributed by atoms with Crippen LogP contribution in [0.1, 0.15) is 23.2 Å². The number of hydrogen-bond acceptors (Lipinski definition) is 6. The molecule has 1 amide bonds. The number of nitrogens with one attached hydrogen (secondary N) is 1. The molecule has 8 heteroatoms. The van der Waals surface area contributed by atoms with Gasteiger partial charge >= 0.3 is 0 Å². The fraction of sp³-hybridized carbons (Fsp3) is 0.348. The number of aromatic nitrogens is 2. The summed E-state index contributed by atoms with van der Waals surface area (Å²) in [6, 6.07) is 11.5. The Balaban J connectivity index is 1.66. The normalized spacial score (nSPS) is 14.6. The second-order valence-corrected chi connectivity index (χ2v) is 9.18. The molecule has 0 atom stereocenters. The van der Waals surface area contributed by atoms with E-state index < -0.39 is 0 Å². The summed E-state index contributed by atoms with van der Waals surface area (Å²) in [6.45, 7) is 3.50. The lowest BCUT2D eigenvalue weighted by Gasteiger charge is -2.15. The summed E-state index contributed by atoms with van der Waals surface area (Å²) in [6.07, 6.45) is 2.43. The molecule has 1 aliphatic rings. The molecule has 4 aromatic rings. The number of anilines is 1. The average Bonchev–Trinajstić information content (AvgIpc) is 3.41. The Morgan fingerprint density at radius 2 is 1.94 bits per heavy atom. The predicted octanol–water partition coefficient (Wildman–Crippen LogP) is 2.95. The van der Waals surface area contributed by atoms with Crippen molar-refractivity contribution in [3.63, 3.8) is 0 Å². The van der Waals surface area contributed by atoms with Gasteiger partial charge < -0.3 is 15.1 Å². The van der Waals surface area contributed by atoms with Crippen molar-refractivity contribution in [2.45, 2.75) is 12.8 Å². The first kappa shape index (κ1) is 20.0. The number of nitrogens with zero attached hydrogens (tertiary/aromatic N) is 4. The Bertz CT molecular complexity index is 1350. The summed E-state index contributed by atoms with van der Waals surface area (Å²) in [4.78, 5) is 36.3. The second-order valence-electron chi connectivity index (χ2n) is 8.15. The number of amides is 1. The van der Waals surface area contributed by atoms with Crippen LogP contribution in [0.3, 0.4) is 0 Å². The van der Waals surface area contributed by atoms with Crippen molar-refractivity contribution in [2.75, 3.05) is 45.2 Å². The van der Waals surface area contributed by atoms with Crippen LogP contribution in [0.25, 0.3) is 26.1 Å². The number of fused-ring (bicyclic) bond motifs is 5. The van der Waals surface area contributed by atoms with Crippen molar-refractivity contribution >= 4 is 49.1 Å². The number of para-hydroxylation sites is 1. The van der Waals surface area contributed by atoms with Crippen molar-refractivity contribution in [1.29, 1.82) is 0 Å². The van der Waals surface area contributed by atoms with E-state index in [2.05, 4.69) is 10.2 Å². The van der Waals surface area contributed by atoms with Crippen LogP contribution < -0.4 is 15.6 Å². The van der Waals surface area contributed by atoms with E-state index >= 15 is 0 Å². The summed E-state index contributed by atoms with van der Waals surface area (Å²) in [7, 11) is 3.84. The van der Waals surface area contributed by atoms with Crippen LogP contribution in [0, 0.1) is 0 Å². The standard InChI is InChI=1S/C23H25N5O2S/c1-26(2)18-10-9-15-20(29)19(22(30)24-11-14-27-12-5-6-13-27)23-28(21(15)25-18)16-7-3-4-8-17(16)31-23/h3-4,7-10H,5-6,11-14H2,1-2H3,(H,24,30). The maximum absolute atomic E-state index is 13.4. The molecule has 4 heterocycles. The number of carbonyl (C=O) groups is 1. The fourth-order valence-electron chi connectivity index (χ4n) is 4.25. The number of pyridine rings is 2. The quantitative estimate of drug-likeness (QED) is 0.522. The number of hydrogen-bond donors (Lipinski definition) is 1. The molecule has 0 radical (unpaired) electrons. The van der Waals surface area contributed by atoms with E-state index in [-0.39, 0.29) is 16.9 Å². The van der Waals surface area contributed by atoms with Gasteiger partial charge in [-0.05, 0) is 50.2 Å². The van der Waals surface area contributed by atoms with E-state index in [1.54, 1.807) is 6.07 Å². The third-order valence-electron chi connectivity index (χ3n) is 5.87. The number of thiazole rings is 1. The van der Waals surface area contributed by atoms with Gasteiger partial charge in [0.2, 0.25) is 5.43 Å². The van der Waals surface area contributed by atoms with Gasteiger partial charge in [-0.2, -0.15) is 0 Å². The minimum atomic E-state index is -0.313. The zero-order chi connectivity index (χ0) is 21.5. The van der Waals surface area contributed by atoms with Gasteiger partial charge in [0.25, 0.3) is 5.91 Å². The maximum Gasteiger partial charge on any atom is 0.258 e. The van der Waals surface area contributed by atoms with Gasteiger partial charge in [0.1, 0.15) is 16.2 Å². The van der Waals surface area contributed by atoms with E-state index in [1.807, 2.05) is 53.7 Å². The Labute approximate surface area is 183 Å². The van der Waals surface area contributed by atoms with Crippen LogP contribution in [0.5, 0.6) is 0 Å². The third kappa shape index (κ3) is 3.45. The molecule has 0 spiro atoms. The molecule has 1 fully saturated rings. The molecule has 3 aromatic heterocycles. The highest BCUT2D eigenvalue weighted by molar-refractivity contribution is 7.24. The smallest absolute Gasteiger partial charge is 0.258 e. The molecule has 0 bridgehead atoms. The molecule has 1 aromatic carbocycles. The molecule has 1 saturated heterocycles.